The molecule has 0 saturated carbocycles. The van der Waals surface area contributed by atoms with Crippen LogP contribution in [0, 0.1) is 6.92 Å². The van der Waals surface area contributed by atoms with Gasteiger partial charge in [0, 0.05) is 30.8 Å². The molecule has 1 aromatic carbocycles. The zero-order chi connectivity index (χ0) is 19.5. The Morgan fingerprint density at radius 2 is 2.07 bits per heavy atom. The van der Waals surface area contributed by atoms with Crippen molar-refractivity contribution < 1.29 is 9.15 Å². The lowest BCUT2D eigenvalue weighted by Gasteiger charge is -2.08. The predicted octanol–water partition coefficient (Wildman–Crippen LogP) is 4.04. The van der Waals surface area contributed by atoms with Gasteiger partial charge in [-0.05, 0) is 36.2 Å². The van der Waals surface area contributed by atoms with Crippen LogP contribution in [0.3, 0.4) is 0 Å². The molecule has 0 aliphatic heterocycles. The number of ether oxygens (including phenoxy) is 1. The first-order valence-electron chi connectivity index (χ1n) is 8.68. The summed E-state index contributed by atoms with van der Waals surface area (Å²) in [5.41, 5.74) is 4.80. The number of aromatic amines is 2. The highest BCUT2D eigenvalue weighted by atomic mass is 35.5. The van der Waals surface area contributed by atoms with E-state index in [9.17, 15) is 4.79 Å². The molecule has 9 heteroatoms. The Balaban J connectivity index is 0.00000240. The quantitative estimate of drug-likeness (QED) is 0.440. The number of nitrogens with one attached hydrogen (secondary N) is 3. The van der Waals surface area contributed by atoms with E-state index in [2.05, 4.69) is 25.3 Å². The third kappa shape index (κ3) is 4.56. The Morgan fingerprint density at radius 1 is 1.21 bits per heavy atom. The monoisotopic (exact) mass is 413 g/mol. The summed E-state index contributed by atoms with van der Waals surface area (Å²) >= 11 is 0. The van der Waals surface area contributed by atoms with Gasteiger partial charge in [0.25, 0.3) is 6.01 Å². The lowest BCUT2D eigenvalue weighted by atomic mass is 10.1. The standard InChI is InChI=1S/C20H19N5O3.ClH/c1-12-3-4-13(11-27-2)7-15(12)25-20-23-10-18(28-20)14-5-6-21-16(8-14)17-9-22-19(26)24-17;/h3-10H,11H2,1-2H3,(H,23,25)(H2,22,24,26);1H. The second-order valence-electron chi connectivity index (χ2n) is 6.32. The highest BCUT2D eigenvalue weighted by Crippen LogP contribution is 2.28. The van der Waals surface area contributed by atoms with E-state index < -0.39 is 0 Å². The molecule has 0 aliphatic rings. The smallest absolute Gasteiger partial charge is 0.323 e. The zero-order valence-corrected chi connectivity index (χ0v) is 16.7. The second-order valence-corrected chi connectivity index (χ2v) is 6.32. The van der Waals surface area contributed by atoms with Crippen LogP contribution in [-0.2, 0) is 11.3 Å². The number of anilines is 2. The SMILES string of the molecule is COCc1ccc(C)c(Nc2ncc(-c3ccnc(-c4c[nH]c(=O)[nH]4)c3)o2)c1.Cl. The molecule has 0 amide bonds. The van der Waals surface area contributed by atoms with Crippen LogP contribution in [0.4, 0.5) is 11.7 Å². The first-order chi connectivity index (χ1) is 13.6. The summed E-state index contributed by atoms with van der Waals surface area (Å²) in [5.74, 6) is 0.592. The van der Waals surface area contributed by atoms with Crippen LogP contribution in [0.25, 0.3) is 22.7 Å². The molecule has 150 valence electrons. The van der Waals surface area contributed by atoms with Crippen LogP contribution in [0.2, 0.25) is 0 Å². The number of methoxy groups -OCH3 is 1. The van der Waals surface area contributed by atoms with Gasteiger partial charge in [-0.15, -0.1) is 12.4 Å². The fourth-order valence-corrected chi connectivity index (χ4v) is 2.84. The molecule has 4 aromatic rings. The molecule has 0 fully saturated rings. The van der Waals surface area contributed by atoms with Gasteiger partial charge in [-0.2, -0.15) is 0 Å². The Hall–Kier alpha value is -3.36. The second kappa shape index (κ2) is 8.76. The van der Waals surface area contributed by atoms with Crippen molar-refractivity contribution in [3.05, 3.63) is 70.5 Å². The molecular weight excluding hydrogens is 394 g/mol. The molecule has 3 aromatic heterocycles. The maximum atomic E-state index is 11.3. The third-order valence-corrected chi connectivity index (χ3v) is 4.28. The largest absolute Gasteiger partial charge is 0.423 e. The van der Waals surface area contributed by atoms with Gasteiger partial charge in [-0.1, -0.05) is 12.1 Å². The van der Waals surface area contributed by atoms with E-state index >= 15 is 0 Å². The maximum Gasteiger partial charge on any atom is 0.323 e. The zero-order valence-electron chi connectivity index (χ0n) is 15.9. The van der Waals surface area contributed by atoms with Crippen molar-refractivity contribution in [1.82, 2.24) is 19.9 Å². The molecule has 0 radical (unpaired) electrons. The van der Waals surface area contributed by atoms with Crippen molar-refractivity contribution >= 4 is 24.1 Å². The topological polar surface area (TPSA) is 109 Å². The van der Waals surface area contributed by atoms with Crippen molar-refractivity contribution in [1.29, 1.82) is 0 Å². The number of halogens is 1. The average Bonchev–Trinajstić information content (AvgIpc) is 3.34. The van der Waals surface area contributed by atoms with E-state index in [1.807, 2.05) is 37.3 Å². The van der Waals surface area contributed by atoms with Crippen molar-refractivity contribution in [2.45, 2.75) is 13.5 Å². The summed E-state index contributed by atoms with van der Waals surface area (Å²) < 4.78 is 11.1. The average molecular weight is 414 g/mol. The highest BCUT2D eigenvalue weighted by Gasteiger charge is 2.11. The van der Waals surface area contributed by atoms with E-state index in [-0.39, 0.29) is 18.1 Å². The number of hydrogen-bond donors (Lipinski definition) is 3. The number of aryl methyl sites for hydroxylation is 1. The van der Waals surface area contributed by atoms with E-state index in [1.54, 1.807) is 25.7 Å². The number of pyridine rings is 1. The molecule has 29 heavy (non-hydrogen) atoms. The fraction of sp³-hybridized carbons (Fsp3) is 0.150. The van der Waals surface area contributed by atoms with E-state index in [0.29, 0.717) is 29.8 Å². The summed E-state index contributed by atoms with van der Waals surface area (Å²) in [4.78, 5) is 25.2. The van der Waals surface area contributed by atoms with Crippen LogP contribution < -0.4 is 11.0 Å². The molecule has 4 rings (SSSR count). The van der Waals surface area contributed by atoms with Crippen LogP contribution in [0.5, 0.6) is 0 Å². The number of aromatic nitrogens is 4. The molecule has 0 unspecified atom stereocenters. The molecule has 0 bridgehead atoms. The minimum Gasteiger partial charge on any atom is -0.423 e. The molecule has 0 atom stereocenters. The van der Waals surface area contributed by atoms with Crippen molar-refractivity contribution in [2.75, 3.05) is 12.4 Å². The van der Waals surface area contributed by atoms with Crippen LogP contribution >= 0.6 is 12.4 Å². The van der Waals surface area contributed by atoms with Crippen molar-refractivity contribution in [3.63, 3.8) is 0 Å². The number of hydrogen-bond acceptors (Lipinski definition) is 6. The number of nitrogens with zero attached hydrogens (tertiary/aromatic N) is 2. The molecule has 0 spiro atoms. The van der Waals surface area contributed by atoms with Gasteiger partial charge >= 0.3 is 5.69 Å². The first-order valence-corrected chi connectivity index (χ1v) is 8.68. The third-order valence-electron chi connectivity index (χ3n) is 4.28. The van der Waals surface area contributed by atoms with Gasteiger partial charge in [-0.25, -0.2) is 9.78 Å². The number of H-pyrrole nitrogens is 2. The summed E-state index contributed by atoms with van der Waals surface area (Å²) in [5, 5.41) is 3.21. The molecule has 8 nitrogen and oxygen atoms in total. The van der Waals surface area contributed by atoms with Gasteiger partial charge in [0.05, 0.1) is 24.2 Å². The molecule has 0 saturated heterocycles. The summed E-state index contributed by atoms with van der Waals surface area (Å²) in [6.07, 6.45) is 4.89. The van der Waals surface area contributed by atoms with Gasteiger partial charge < -0.3 is 24.4 Å². The summed E-state index contributed by atoms with van der Waals surface area (Å²) in [7, 11) is 1.67. The number of benzene rings is 1. The van der Waals surface area contributed by atoms with E-state index in [4.69, 9.17) is 9.15 Å². The van der Waals surface area contributed by atoms with E-state index in [1.165, 1.54) is 0 Å². The number of oxazole rings is 1. The van der Waals surface area contributed by atoms with Crippen molar-refractivity contribution in [2.24, 2.45) is 0 Å². The fourth-order valence-electron chi connectivity index (χ4n) is 2.84. The number of imidazole rings is 1. The van der Waals surface area contributed by atoms with Crippen LogP contribution in [0.1, 0.15) is 11.1 Å². The first kappa shape index (κ1) is 20.4. The van der Waals surface area contributed by atoms with E-state index in [0.717, 1.165) is 22.4 Å². The Morgan fingerprint density at radius 3 is 2.83 bits per heavy atom. The molecule has 3 N–H and O–H groups in total. The Kier molecular flexibility index (Phi) is 6.16. The van der Waals surface area contributed by atoms with Gasteiger partial charge in [0.1, 0.15) is 0 Å². The highest BCUT2D eigenvalue weighted by molar-refractivity contribution is 5.85. The predicted molar refractivity (Wildman–Crippen MR) is 113 cm³/mol. The minimum absolute atomic E-state index is 0. The van der Waals surface area contributed by atoms with Crippen LogP contribution in [-0.4, -0.2) is 27.0 Å². The summed E-state index contributed by atoms with van der Waals surface area (Å²) in [6.45, 7) is 2.54. The lowest BCUT2D eigenvalue weighted by molar-refractivity contribution is 0.185. The Bertz CT molecular complexity index is 1160. The minimum atomic E-state index is -0.278. The van der Waals surface area contributed by atoms with Gasteiger partial charge in [0.15, 0.2) is 5.76 Å². The molecular formula is C20H20ClN5O3. The van der Waals surface area contributed by atoms with Gasteiger partial charge in [-0.3, -0.25) is 4.98 Å². The lowest BCUT2D eigenvalue weighted by Crippen LogP contribution is -2.00. The summed E-state index contributed by atoms with van der Waals surface area (Å²) in [6, 6.07) is 10.1. The van der Waals surface area contributed by atoms with Crippen LogP contribution in [0.15, 0.2) is 58.1 Å². The number of rotatable bonds is 6. The molecule has 3 heterocycles. The normalized spacial score (nSPS) is 10.6. The Labute approximate surface area is 172 Å². The van der Waals surface area contributed by atoms with Crippen molar-refractivity contribution in [3.8, 4) is 22.7 Å². The maximum absolute atomic E-state index is 11.3. The molecule has 0 aliphatic carbocycles. The van der Waals surface area contributed by atoms with Gasteiger partial charge in [0.2, 0.25) is 0 Å².